The minimum Gasteiger partial charge on any atom is -0.381 e. The van der Waals surface area contributed by atoms with Crippen LogP contribution in [-0.2, 0) is 11.3 Å². The van der Waals surface area contributed by atoms with Gasteiger partial charge >= 0.3 is 0 Å². The molecule has 0 radical (unpaired) electrons. The molecule has 1 unspecified atom stereocenters. The van der Waals surface area contributed by atoms with Gasteiger partial charge in [0, 0.05) is 42.6 Å². The smallest absolute Gasteiger partial charge is 0.0931 e. The van der Waals surface area contributed by atoms with Gasteiger partial charge in [-0.2, -0.15) is 0 Å². The van der Waals surface area contributed by atoms with Crippen molar-refractivity contribution in [2.24, 2.45) is 5.41 Å². The number of hydrogen-bond donors (Lipinski definition) is 1. The van der Waals surface area contributed by atoms with Gasteiger partial charge in [-0.25, -0.2) is 0 Å². The van der Waals surface area contributed by atoms with E-state index in [1.807, 2.05) is 6.07 Å². The van der Waals surface area contributed by atoms with Crippen molar-refractivity contribution in [1.82, 2.24) is 10.2 Å². The molecule has 1 aliphatic heterocycles. The maximum atomic E-state index is 6.02. The predicted molar refractivity (Wildman–Crippen MR) is 91.3 cm³/mol. The quantitative estimate of drug-likeness (QED) is 0.826. The van der Waals surface area contributed by atoms with Gasteiger partial charge in [0.05, 0.1) is 10.9 Å². The van der Waals surface area contributed by atoms with Crippen molar-refractivity contribution in [3.8, 4) is 0 Å². The van der Waals surface area contributed by atoms with Gasteiger partial charge < -0.3 is 15.0 Å². The summed E-state index contributed by atoms with van der Waals surface area (Å²) in [4.78, 5) is 3.73. The summed E-state index contributed by atoms with van der Waals surface area (Å²) in [5.41, 5.74) is 0.234. The second-order valence-corrected chi connectivity index (χ2v) is 8.37. The molecular formula is C16H27ClN2OS. The molecule has 0 bridgehead atoms. The molecule has 2 rings (SSSR count). The Balaban J connectivity index is 1.93. The Morgan fingerprint density at radius 2 is 2.29 bits per heavy atom. The number of thiophene rings is 1. The Labute approximate surface area is 137 Å². The summed E-state index contributed by atoms with van der Waals surface area (Å²) in [7, 11) is 2.19. The summed E-state index contributed by atoms with van der Waals surface area (Å²) in [6, 6.07) is 4.62. The van der Waals surface area contributed by atoms with E-state index in [0.717, 1.165) is 37.2 Å². The van der Waals surface area contributed by atoms with Gasteiger partial charge in [-0.1, -0.05) is 25.4 Å². The van der Waals surface area contributed by atoms with E-state index in [1.54, 1.807) is 11.3 Å². The molecule has 0 spiro atoms. The first kappa shape index (κ1) is 17.2. The molecule has 1 N–H and O–H groups in total. The Kier molecular flexibility index (Phi) is 6.51. The molecule has 3 nitrogen and oxygen atoms in total. The van der Waals surface area contributed by atoms with Crippen LogP contribution in [0.25, 0.3) is 0 Å². The Hall–Kier alpha value is -0.130. The molecule has 0 aliphatic carbocycles. The zero-order chi connectivity index (χ0) is 15.3. The van der Waals surface area contributed by atoms with E-state index in [-0.39, 0.29) is 5.41 Å². The van der Waals surface area contributed by atoms with Gasteiger partial charge in [-0.15, -0.1) is 11.3 Å². The van der Waals surface area contributed by atoms with Crippen molar-refractivity contribution >= 4 is 22.9 Å². The van der Waals surface area contributed by atoms with E-state index >= 15 is 0 Å². The van der Waals surface area contributed by atoms with Crippen molar-refractivity contribution in [2.45, 2.75) is 39.3 Å². The van der Waals surface area contributed by atoms with Crippen LogP contribution in [0.3, 0.4) is 0 Å². The van der Waals surface area contributed by atoms with E-state index in [0.29, 0.717) is 6.04 Å². The first-order valence-electron chi connectivity index (χ1n) is 7.73. The normalized spacial score (nSPS) is 23.1. The average molecular weight is 331 g/mol. The average Bonchev–Trinajstić information content (AvgIpc) is 2.83. The van der Waals surface area contributed by atoms with Crippen LogP contribution in [0.5, 0.6) is 0 Å². The summed E-state index contributed by atoms with van der Waals surface area (Å²) in [6.45, 7) is 9.22. The molecule has 0 amide bonds. The number of ether oxygens (including phenoxy) is 1. The SMILES string of the molecule is CC(C)NCC1(CN(C)Cc2ccc(Cl)s2)CCCOC1. The van der Waals surface area contributed by atoms with E-state index in [2.05, 4.69) is 37.2 Å². The van der Waals surface area contributed by atoms with Gasteiger partial charge in [0.2, 0.25) is 0 Å². The summed E-state index contributed by atoms with van der Waals surface area (Å²) in [5.74, 6) is 0. The molecule has 1 aromatic heterocycles. The van der Waals surface area contributed by atoms with Crippen LogP contribution in [0.4, 0.5) is 0 Å². The van der Waals surface area contributed by atoms with Crippen LogP contribution < -0.4 is 5.32 Å². The minimum absolute atomic E-state index is 0.234. The second kappa shape index (κ2) is 7.93. The van der Waals surface area contributed by atoms with E-state index in [1.165, 1.54) is 17.7 Å². The Morgan fingerprint density at radius 3 is 2.86 bits per heavy atom. The maximum absolute atomic E-state index is 6.02. The van der Waals surface area contributed by atoms with Crippen LogP contribution in [0.2, 0.25) is 4.34 Å². The van der Waals surface area contributed by atoms with Crippen molar-refractivity contribution in [3.63, 3.8) is 0 Å². The highest BCUT2D eigenvalue weighted by atomic mass is 35.5. The number of hydrogen-bond acceptors (Lipinski definition) is 4. The summed E-state index contributed by atoms with van der Waals surface area (Å²) >= 11 is 7.69. The lowest BCUT2D eigenvalue weighted by atomic mass is 9.81. The molecule has 2 heterocycles. The van der Waals surface area contributed by atoms with Crippen LogP contribution in [0.15, 0.2) is 12.1 Å². The Bertz CT molecular complexity index is 430. The highest BCUT2D eigenvalue weighted by molar-refractivity contribution is 7.16. The molecule has 5 heteroatoms. The topological polar surface area (TPSA) is 24.5 Å². The number of nitrogens with one attached hydrogen (secondary N) is 1. The lowest BCUT2D eigenvalue weighted by molar-refractivity contribution is -0.0244. The van der Waals surface area contributed by atoms with Crippen molar-refractivity contribution in [3.05, 3.63) is 21.3 Å². The molecule has 1 aliphatic rings. The summed E-state index contributed by atoms with van der Waals surface area (Å²) in [6.07, 6.45) is 2.40. The fraction of sp³-hybridized carbons (Fsp3) is 0.750. The fourth-order valence-corrected chi connectivity index (χ4v) is 4.15. The van der Waals surface area contributed by atoms with E-state index < -0.39 is 0 Å². The predicted octanol–water partition coefficient (Wildman–Crippen LogP) is 3.63. The van der Waals surface area contributed by atoms with Crippen molar-refractivity contribution in [2.75, 3.05) is 33.4 Å². The van der Waals surface area contributed by atoms with E-state index in [9.17, 15) is 0 Å². The third-order valence-corrected chi connectivity index (χ3v) is 5.17. The molecule has 21 heavy (non-hydrogen) atoms. The summed E-state index contributed by atoms with van der Waals surface area (Å²) < 4.78 is 6.66. The van der Waals surface area contributed by atoms with Gasteiger partial charge in [0.25, 0.3) is 0 Å². The third kappa shape index (κ3) is 5.53. The first-order chi connectivity index (χ1) is 9.99. The first-order valence-corrected chi connectivity index (χ1v) is 8.92. The highest BCUT2D eigenvalue weighted by Crippen LogP contribution is 2.30. The molecule has 0 aromatic carbocycles. The monoisotopic (exact) mass is 330 g/mol. The largest absolute Gasteiger partial charge is 0.381 e. The van der Waals surface area contributed by atoms with Gasteiger partial charge in [-0.3, -0.25) is 0 Å². The van der Waals surface area contributed by atoms with Crippen LogP contribution in [0, 0.1) is 5.41 Å². The molecule has 0 saturated carbocycles. The third-order valence-electron chi connectivity index (χ3n) is 3.95. The van der Waals surface area contributed by atoms with E-state index in [4.69, 9.17) is 16.3 Å². The van der Waals surface area contributed by atoms with Gasteiger partial charge in [0.1, 0.15) is 0 Å². The van der Waals surface area contributed by atoms with Crippen molar-refractivity contribution in [1.29, 1.82) is 0 Å². The van der Waals surface area contributed by atoms with Crippen LogP contribution in [-0.4, -0.2) is 44.3 Å². The number of nitrogens with zero attached hydrogens (tertiary/aromatic N) is 1. The minimum atomic E-state index is 0.234. The lowest BCUT2D eigenvalue weighted by Crippen LogP contribution is -2.49. The molecule has 1 fully saturated rings. The van der Waals surface area contributed by atoms with Gasteiger partial charge in [0.15, 0.2) is 0 Å². The zero-order valence-electron chi connectivity index (χ0n) is 13.3. The van der Waals surface area contributed by atoms with Crippen molar-refractivity contribution < 1.29 is 4.74 Å². The lowest BCUT2D eigenvalue weighted by Gasteiger charge is -2.40. The van der Waals surface area contributed by atoms with Crippen LogP contribution >= 0.6 is 22.9 Å². The second-order valence-electron chi connectivity index (χ2n) is 6.57. The molecular weight excluding hydrogens is 304 g/mol. The number of halogens is 1. The molecule has 1 atom stereocenters. The molecule has 1 saturated heterocycles. The number of rotatable bonds is 7. The van der Waals surface area contributed by atoms with Gasteiger partial charge in [-0.05, 0) is 32.0 Å². The molecule has 1 aromatic rings. The zero-order valence-corrected chi connectivity index (χ0v) is 14.9. The highest BCUT2D eigenvalue weighted by Gasteiger charge is 2.34. The Morgan fingerprint density at radius 1 is 1.48 bits per heavy atom. The standard InChI is InChI=1S/C16H27ClN2OS/c1-13(2)18-10-16(7-4-8-20-12-16)11-19(3)9-14-5-6-15(17)21-14/h5-6,13,18H,4,7-12H2,1-3H3. The molecule has 120 valence electrons. The summed E-state index contributed by atoms with van der Waals surface area (Å²) in [5, 5.41) is 3.60. The maximum Gasteiger partial charge on any atom is 0.0931 e. The fourth-order valence-electron chi connectivity index (χ4n) is 2.98. The van der Waals surface area contributed by atoms with Crippen LogP contribution in [0.1, 0.15) is 31.6 Å².